The zero-order valence-corrected chi connectivity index (χ0v) is 11.0. The van der Waals surface area contributed by atoms with Gasteiger partial charge in [0.25, 0.3) is 0 Å². The molecule has 1 aromatic heterocycles. The van der Waals surface area contributed by atoms with E-state index in [2.05, 4.69) is 15.6 Å². The molecular formula is C12H15N5O3. The van der Waals surface area contributed by atoms with E-state index in [0.717, 1.165) is 25.2 Å². The van der Waals surface area contributed by atoms with Gasteiger partial charge in [-0.15, -0.1) is 5.10 Å². The second-order valence-corrected chi connectivity index (χ2v) is 4.09. The molecule has 0 aliphatic heterocycles. The van der Waals surface area contributed by atoms with Crippen LogP contribution in [0.1, 0.15) is 6.42 Å². The van der Waals surface area contributed by atoms with Gasteiger partial charge in [0.05, 0.1) is 18.2 Å². The largest absolute Gasteiger partial charge is 0.490 e. The molecule has 0 bridgehead atoms. The van der Waals surface area contributed by atoms with Gasteiger partial charge in [0.15, 0.2) is 5.75 Å². The predicted octanol–water partition coefficient (Wildman–Crippen LogP) is 1.70. The van der Waals surface area contributed by atoms with Crippen molar-refractivity contribution in [2.45, 2.75) is 13.0 Å². The molecule has 1 heterocycles. The van der Waals surface area contributed by atoms with Crippen LogP contribution in [0, 0.1) is 10.1 Å². The van der Waals surface area contributed by atoms with Crippen molar-refractivity contribution in [2.75, 3.05) is 19.0 Å². The molecule has 2 rings (SSSR count). The number of methoxy groups -OCH3 is 1. The van der Waals surface area contributed by atoms with E-state index < -0.39 is 4.92 Å². The average molecular weight is 277 g/mol. The quantitative estimate of drug-likeness (QED) is 0.470. The van der Waals surface area contributed by atoms with Gasteiger partial charge >= 0.3 is 5.69 Å². The predicted molar refractivity (Wildman–Crippen MR) is 72.8 cm³/mol. The lowest BCUT2D eigenvalue weighted by atomic mass is 10.2. The first-order valence-electron chi connectivity index (χ1n) is 6.11. The molecule has 0 spiro atoms. The molecule has 0 aliphatic carbocycles. The first kappa shape index (κ1) is 13.8. The summed E-state index contributed by atoms with van der Waals surface area (Å²) in [6, 6.07) is 4.71. The third kappa shape index (κ3) is 3.44. The van der Waals surface area contributed by atoms with Crippen LogP contribution in [0.4, 0.5) is 11.4 Å². The number of nitrogens with one attached hydrogen (secondary N) is 1. The van der Waals surface area contributed by atoms with Gasteiger partial charge in [0, 0.05) is 37.1 Å². The average Bonchev–Trinajstić information content (AvgIpc) is 2.96. The summed E-state index contributed by atoms with van der Waals surface area (Å²) in [5, 5.41) is 21.5. The Morgan fingerprint density at radius 3 is 3.00 bits per heavy atom. The van der Waals surface area contributed by atoms with Crippen LogP contribution < -0.4 is 10.1 Å². The molecule has 0 unspecified atom stereocenters. The van der Waals surface area contributed by atoms with E-state index in [-0.39, 0.29) is 11.4 Å². The number of hydrogen-bond acceptors (Lipinski definition) is 6. The molecular weight excluding hydrogens is 262 g/mol. The van der Waals surface area contributed by atoms with Crippen molar-refractivity contribution in [1.29, 1.82) is 0 Å². The maximum atomic E-state index is 10.8. The Balaban J connectivity index is 1.88. The van der Waals surface area contributed by atoms with Crippen LogP contribution in [0.25, 0.3) is 0 Å². The minimum absolute atomic E-state index is 0.0411. The summed E-state index contributed by atoms with van der Waals surface area (Å²) in [6.45, 7) is 1.48. The number of nitro groups is 1. The van der Waals surface area contributed by atoms with Crippen molar-refractivity contribution in [3.05, 3.63) is 40.7 Å². The number of nitro benzene ring substituents is 1. The number of aryl methyl sites for hydroxylation is 1. The SMILES string of the molecule is COc1cc(NCCCn2ccnn2)ccc1[N+](=O)[O-]. The topological polar surface area (TPSA) is 95.1 Å². The Bertz CT molecular complexity index is 570. The number of ether oxygens (including phenoxy) is 1. The van der Waals surface area contributed by atoms with Crippen molar-refractivity contribution in [3.63, 3.8) is 0 Å². The minimum atomic E-state index is -0.465. The van der Waals surface area contributed by atoms with Crippen molar-refractivity contribution >= 4 is 11.4 Å². The fourth-order valence-electron chi connectivity index (χ4n) is 1.76. The van der Waals surface area contributed by atoms with Gasteiger partial charge in [0.1, 0.15) is 0 Å². The molecule has 8 nitrogen and oxygen atoms in total. The Morgan fingerprint density at radius 1 is 1.50 bits per heavy atom. The normalized spacial score (nSPS) is 10.2. The van der Waals surface area contributed by atoms with Crippen molar-refractivity contribution in [2.24, 2.45) is 0 Å². The van der Waals surface area contributed by atoms with Crippen molar-refractivity contribution in [1.82, 2.24) is 15.0 Å². The molecule has 1 aromatic carbocycles. The third-order valence-corrected chi connectivity index (χ3v) is 2.74. The third-order valence-electron chi connectivity index (χ3n) is 2.74. The summed E-state index contributed by atoms with van der Waals surface area (Å²) in [4.78, 5) is 10.3. The molecule has 8 heteroatoms. The van der Waals surface area contributed by atoms with Gasteiger partial charge in [-0.2, -0.15) is 0 Å². The zero-order valence-electron chi connectivity index (χ0n) is 11.0. The standard InChI is InChI=1S/C12H15N5O3/c1-20-12-9-10(3-4-11(12)17(18)19)13-5-2-7-16-8-6-14-15-16/h3-4,6,8-9,13H,2,5,7H2,1H3. The fraction of sp³-hybridized carbons (Fsp3) is 0.333. The fourth-order valence-corrected chi connectivity index (χ4v) is 1.76. The number of rotatable bonds is 7. The Kier molecular flexibility index (Phi) is 4.48. The molecule has 0 aliphatic rings. The highest BCUT2D eigenvalue weighted by atomic mass is 16.6. The van der Waals surface area contributed by atoms with Crippen LogP contribution >= 0.6 is 0 Å². The summed E-state index contributed by atoms with van der Waals surface area (Å²) in [5.41, 5.74) is 0.742. The Morgan fingerprint density at radius 2 is 2.35 bits per heavy atom. The summed E-state index contributed by atoms with van der Waals surface area (Å²) in [5.74, 6) is 0.247. The maximum absolute atomic E-state index is 10.8. The lowest BCUT2D eigenvalue weighted by Gasteiger charge is -2.08. The van der Waals surface area contributed by atoms with Crippen molar-refractivity contribution < 1.29 is 9.66 Å². The van der Waals surface area contributed by atoms with Crippen LogP contribution in [0.5, 0.6) is 5.75 Å². The summed E-state index contributed by atoms with van der Waals surface area (Å²) in [6.07, 6.45) is 4.30. The number of benzene rings is 1. The highest BCUT2D eigenvalue weighted by Crippen LogP contribution is 2.29. The lowest BCUT2D eigenvalue weighted by molar-refractivity contribution is -0.385. The maximum Gasteiger partial charge on any atom is 0.311 e. The Labute approximate surface area is 115 Å². The van der Waals surface area contributed by atoms with E-state index in [9.17, 15) is 10.1 Å². The lowest BCUT2D eigenvalue weighted by Crippen LogP contribution is -2.07. The van der Waals surface area contributed by atoms with Gasteiger partial charge in [0.2, 0.25) is 0 Å². The molecule has 2 aromatic rings. The van der Waals surface area contributed by atoms with E-state index in [0.29, 0.717) is 0 Å². The molecule has 0 atom stereocenters. The highest BCUT2D eigenvalue weighted by Gasteiger charge is 2.14. The van der Waals surface area contributed by atoms with Gasteiger partial charge in [-0.3, -0.25) is 14.8 Å². The van der Waals surface area contributed by atoms with Crippen molar-refractivity contribution in [3.8, 4) is 5.75 Å². The smallest absolute Gasteiger partial charge is 0.311 e. The number of nitrogens with zero attached hydrogens (tertiary/aromatic N) is 4. The van der Waals surface area contributed by atoms with Crippen LogP contribution in [-0.2, 0) is 6.54 Å². The summed E-state index contributed by atoms with van der Waals surface area (Å²) >= 11 is 0. The van der Waals surface area contributed by atoms with E-state index in [4.69, 9.17) is 4.74 Å². The number of aromatic nitrogens is 3. The van der Waals surface area contributed by atoms with E-state index in [1.807, 2.05) is 0 Å². The first-order valence-corrected chi connectivity index (χ1v) is 6.11. The minimum Gasteiger partial charge on any atom is -0.490 e. The van der Waals surface area contributed by atoms with E-state index >= 15 is 0 Å². The molecule has 106 valence electrons. The molecule has 1 N–H and O–H groups in total. The molecule has 0 saturated carbocycles. The van der Waals surface area contributed by atoms with Crippen LogP contribution in [0.15, 0.2) is 30.6 Å². The number of hydrogen-bond donors (Lipinski definition) is 1. The van der Waals surface area contributed by atoms with Gasteiger partial charge in [-0.25, -0.2) is 0 Å². The Hall–Kier alpha value is -2.64. The monoisotopic (exact) mass is 277 g/mol. The van der Waals surface area contributed by atoms with Crippen LogP contribution in [0.2, 0.25) is 0 Å². The first-order chi connectivity index (χ1) is 9.70. The summed E-state index contributed by atoms with van der Waals surface area (Å²) < 4.78 is 6.76. The van der Waals surface area contributed by atoms with Crippen LogP contribution in [-0.4, -0.2) is 33.6 Å². The summed E-state index contributed by atoms with van der Waals surface area (Å²) in [7, 11) is 1.41. The van der Waals surface area contributed by atoms with Gasteiger partial charge in [-0.1, -0.05) is 5.21 Å². The molecule has 20 heavy (non-hydrogen) atoms. The zero-order chi connectivity index (χ0) is 14.4. The molecule has 0 saturated heterocycles. The van der Waals surface area contributed by atoms with Gasteiger partial charge < -0.3 is 10.1 Å². The van der Waals surface area contributed by atoms with Gasteiger partial charge in [-0.05, 0) is 12.5 Å². The molecule has 0 radical (unpaired) electrons. The second-order valence-electron chi connectivity index (χ2n) is 4.09. The number of anilines is 1. The van der Waals surface area contributed by atoms with E-state index in [1.54, 1.807) is 29.2 Å². The molecule has 0 amide bonds. The van der Waals surface area contributed by atoms with E-state index in [1.165, 1.54) is 13.2 Å². The van der Waals surface area contributed by atoms with Crippen LogP contribution in [0.3, 0.4) is 0 Å². The molecule has 0 fully saturated rings. The highest BCUT2D eigenvalue weighted by molar-refractivity contribution is 5.57. The second kappa shape index (κ2) is 6.50.